The van der Waals surface area contributed by atoms with E-state index in [1.165, 1.54) is 0 Å². The van der Waals surface area contributed by atoms with Crippen LogP contribution < -0.4 is 10.6 Å². The molecule has 1 fully saturated rings. The second-order valence-electron chi connectivity index (χ2n) is 6.86. The van der Waals surface area contributed by atoms with E-state index in [9.17, 15) is 9.59 Å². The first kappa shape index (κ1) is 18.5. The van der Waals surface area contributed by atoms with Crippen molar-refractivity contribution in [2.75, 3.05) is 13.1 Å². The molecule has 1 aromatic heterocycles. The molecule has 1 atom stereocenters. The van der Waals surface area contributed by atoms with Crippen LogP contribution in [-0.4, -0.2) is 46.2 Å². The Hall–Kier alpha value is -2.87. The molecule has 3 amide bonds. The largest absolute Gasteiger partial charge is 0.337 e. The number of H-pyrrole nitrogens is 1. The standard InChI is InChI=1S/C20H20BrN5O2/c21-16-4-1-13(2-5-16)10-22-20(28)24-17-7-8-26(12-17)19(27)14-3-6-18-15(9-14)11-23-25-18/h1-6,9,11,17H,7-8,10,12H2,(H,23,25)(H2,22,24,28)/t17-/m0/s1. The first-order valence-electron chi connectivity index (χ1n) is 9.10. The summed E-state index contributed by atoms with van der Waals surface area (Å²) in [5.41, 5.74) is 2.56. The summed E-state index contributed by atoms with van der Waals surface area (Å²) in [4.78, 5) is 26.7. The average Bonchev–Trinajstić information content (AvgIpc) is 3.35. The van der Waals surface area contributed by atoms with Crippen LogP contribution in [0, 0.1) is 0 Å². The zero-order valence-corrected chi connectivity index (χ0v) is 16.7. The van der Waals surface area contributed by atoms with Gasteiger partial charge in [-0.3, -0.25) is 9.89 Å². The van der Waals surface area contributed by atoms with Gasteiger partial charge in [0, 0.05) is 41.1 Å². The molecule has 0 unspecified atom stereocenters. The maximum Gasteiger partial charge on any atom is 0.315 e. The van der Waals surface area contributed by atoms with E-state index in [-0.39, 0.29) is 18.0 Å². The third kappa shape index (κ3) is 4.17. The number of carbonyl (C=O) groups is 2. The quantitative estimate of drug-likeness (QED) is 0.580. The molecule has 7 nitrogen and oxygen atoms in total. The summed E-state index contributed by atoms with van der Waals surface area (Å²) in [5, 5.41) is 13.6. The van der Waals surface area contributed by atoms with Gasteiger partial charge in [-0.05, 0) is 42.3 Å². The Labute approximate surface area is 170 Å². The SMILES string of the molecule is O=C(NCc1ccc(Br)cc1)N[C@H]1CCN(C(=O)c2ccc3[nH]ncc3c2)C1. The van der Waals surface area contributed by atoms with Crippen molar-refractivity contribution in [3.63, 3.8) is 0 Å². The number of fused-ring (bicyclic) bond motifs is 1. The van der Waals surface area contributed by atoms with Crippen molar-refractivity contribution in [1.82, 2.24) is 25.7 Å². The van der Waals surface area contributed by atoms with Crippen molar-refractivity contribution in [2.45, 2.75) is 19.0 Å². The molecular formula is C20H20BrN5O2. The third-order valence-electron chi connectivity index (χ3n) is 4.86. The highest BCUT2D eigenvalue weighted by Gasteiger charge is 2.28. The van der Waals surface area contributed by atoms with Crippen molar-refractivity contribution in [1.29, 1.82) is 0 Å². The second-order valence-corrected chi connectivity index (χ2v) is 7.78. The molecule has 2 aromatic carbocycles. The molecule has 0 aliphatic carbocycles. The third-order valence-corrected chi connectivity index (χ3v) is 5.39. The molecule has 4 rings (SSSR count). The highest BCUT2D eigenvalue weighted by Crippen LogP contribution is 2.18. The van der Waals surface area contributed by atoms with Crippen LogP contribution in [0.3, 0.4) is 0 Å². The lowest BCUT2D eigenvalue weighted by molar-refractivity contribution is 0.0789. The Morgan fingerprint density at radius 3 is 2.86 bits per heavy atom. The molecule has 0 bridgehead atoms. The molecule has 0 radical (unpaired) electrons. The molecule has 0 saturated carbocycles. The Bertz CT molecular complexity index is 1000. The van der Waals surface area contributed by atoms with Crippen molar-refractivity contribution < 1.29 is 9.59 Å². The van der Waals surface area contributed by atoms with Gasteiger partial charge in [0.1, 0.15) is 0 Å². The number of hydrogen-bond donors (Lipinski definition) is 3. The van der Waals surface area contributed by atoms with E-state index >= 15 is 0 Å². The van der Waals surface area contributed by atoms with Gasteiger partial charge in [-0.15, -0.1) is 0 Å². The normalized spacial score (nSPS) is 16.3. The molecule has 144 valence electrons. The van der Waals surface area contributed by atoms with E-state index in [1.807, 2.05) is 36.4 Å². The van der Waals surface area contributed by atoms with Gasteiger partial charge in [0.15, 0.2) is 0 Å². The van der Waals surface area contributed by atoms with E-state index in [0.29, 0.717) is 25.2 Å². The monoisotopic (exact) mass is 441 g/mol. The van der Waals surface area contributed by atoms with E-state index in [4.69, 9.17) is 0 Å². The molecule has 1 aliphatic rings. The minimum atomic E-state index is -0.220. The highest BCUT2D eigenvalue weighted by molar-refractivity contribution is 9.10. The number of benzene rings is 2. The van der Waals surface area contributed by atoms with Gasteiger partial charge in [0.25, 0.3) is 5.91 Å². The van der Waals surface area contributed by atoms with Crippen LogP contribution in [0.1, 0.15) is 22.3 Å². The van der Waals surface area contributed by atoms with Gasteiger partial charge in [0.05, 0.1) is 11.7 Å². The predicted octanol–water partition coefficient (Wildman–Crippen LogP) is 3.04. The maximum atomic E-state index is 12.7. The molecule has 0 spiro atoms. The van der Waals surface area contributed by atoms with Gasteiger partial charge >= 0.3 is 6.03 Å². The van der Waals surface area contributed by atoms with E-state index in [0.717, 1.165) is 27.4 Å². The topological polar surface area (TPSA) is 90.1 Å². The van der Waals surface area contributed by atoms with Crippen LogP contribution in [0.4, 0.5) is 4.79 Å². The second kappa shape index (κ2) is 8.02. The fourth-order valence-corrected chi connectivity index (χ4v) is 3.61. The van der Waals surface area contributed by atoms with Crippen LogP contribution in [0.5, 0.6) is 0 Å². The van der Waals surface area contributed by atoms with E-state index in [2.05, 4.69) is 36.8 Å². The van der Waals surface area contributed by atoms with Crippen LogP contribution in [0.25, 0.3) is 10.9 Å². The number of rotatable bonds is 4. The molecule has 1 aliphatic heterocycles. The molecular weight excluding hydrogens is 422 g/mol. The first-order valence-corrected chi connectivity index (χ1v) is 9.89. The number of aromatic amines is 1. The number of carbonyl (C=O) groups excluding carboxylic acids is 2. The van der Waals surface area contributed by atoms with Gasteiger partial charge in [0.2, 0.25) is 0 Å². The lowest BCUT2D eigenvalue weighted by atomic mass is 10.1. The number of halogens is 1. The molecule has 3 aromatic rings. The lowest BCUT2D eigenvalue weighted by Crippen LogP contribution is -2.43. The van der Waals surface area contributed by atoms with Gasteiger partial charge in [-0.2, -0.15) is 5.10 Å². The van der Waals surface area contributed by atoms with Crippen molar-refractivity contribution >= 4 is 38.8 Å². The summed E-state index contributed by atoms with van der Waals surface area (Å²) in [7, 11) is 0. The number of nitrogens with zero attached hydrogens (tertiary/aromatic N) is 2. The summed E-state index contributed by atoms with van der Waals surface area (Å²) in [6.07, 6.45) is 2.45. The molecule has 3 N–H and O–H groups in total. The summed E-state index contributed by atoms with van der Waals surface area (Å²) in [6, 6.07) is 13.0. The summed E-state index contributed by atoms with van der Waals surface area (Å²) in [6.45, 7) is 1.59. The number of amides is 3. The minimum absolute atomic E-state index is 0.0253. The zero-order valence-electron chi connectivity index (χ0n) is 15.1. The van der Waals surface area contributed by atoms with Crippen LogP contribution in [0.15, 0.2) is 53.1 Å². The fourth-order valence-electron chi connectivity index (χ4n) is 3.34. The van der Waals surface area contributed by atoms with Gasteiger partial charge in [-0.1, -0.05) is 28.1 Å². The molecule has 1 saturated heterocycles. The van der Waals surface area contributed by atoms with Crippen LogP contribution in [-0.2, 0) is 6.54 Å². The lowest BCUT2D eigenvalue weighted by Gasteiger charge is -2.17. The number of urea groups is 1. The van der Waals surface area contributed by atoms with E-state index in [1.54, 1.807) is 17.2 Å². The number of aromatic nitrogens is 2. The van der Waals surface area contributed by atoms with Crippen LogP contribution >= 0.6 is 15.9 Å². The van der Waals surface area contributed by atoms with Crippen LogP contribution in [0.2, 0.25) is 0 Å². The van der Waals surface area contributed by atoms with Crippen molar-refractivity contribution in [3.8, 4) is 0 Å². The Morgan fingerprint density at radius 1 is 1.21 bits per heavy atom. The number of nitrogens with one attached hydrogen (secondary N) is 3. The summed E-state index contributed by atoms with van der Waals surface area (Å²) < 4.78 is 1.00. The van der Waals surface area contributed by atoms with E-state index < -0.39 is 0 Å². The van der Waals surface area contributed by atoms with Crippen molar-refractivity contribution in [3.05, 3.63) is 64.3 Å². The van der Waals surface area contributed by atoms with Gasteiger partial charge in [-0.25, -0.2) is 4.79 Å². The zero-order chi connectivity index (χ0) is 19.5. The first-order chi connectivity index (χ1) is 13.6. The number of likely N-dealkylation sites (tertiary alicyclic amines) is 1. The molecule has 28 heavy (non-hydrogen) atoms. The molecule has 8 heteroatoms. The molecule has 2 heterocycles. The summed E-state index contributed by atoms with van der Waals surface area (Å²) >= 11 is 3.39. The Morgan fingerprint density at radius 2 is 2.04 bits per heavy atom. The smallest absolute Gasteiger partial charge is 0.315 e. The number of hydrogen-bond acceptors (Lipinski definition) is 3. The predicted molar refractivity (Wildman–Crippen MR) is 110 cm³/mol. The van der Waals surface area contributed by atoms with Gasteiger partial charge < -0.3 is 15.5 Å². The maximum absolute atomic E-state index is 12.7. The average molecular weight is 442 g/mol. The Balaban J connectivity index is 1.29. The minimum Gasteiger partial charge on any atom is -0.337 e. The highest BCUT2D eigenvalue weighted by atomic mass is 79.9. The fraction of sp³-hybridized carbons (Fsp3) is 0.250. The van der Waals surface area contributed by atoms with Crippen molar-refractivity contribution in [2.24, 2.45) is 0 Å². The summed E-state index contributed by atoms with van der Waals surface area (Å²) in [5.74, 6) is -0.0253. The Kier molecular flexibility index (Phi) is 5.29.